The summed E-state index contributed by atoms with van der Waals surface area (Å²) in [5, 5.41) is 2.63. The number of amides is 1. The Balaban J connectivity index is 2.54. The minimum atomic E-state index is -0.426. The number of carbonyl (C=O) groups is 1. The van der Waals surface area contributed by atoms with Gasteiger partial charge in [0.2, 0.25) is 0 Å². The lowest BCUT2D eigenvalue weighted by molar-refractivity contribution is -0.131. The van der Waals surface area contributed by atoms with Crippen LogP contribution >= 0.6 is 0 Å². The van der Waals surface area contributed by atoms with Crippen molar-refractivity contribution < 1.29 is 14.3 Å². The first-order valence-electron chi connectivity index (χ1n) is 3.13. The summed E-state index contributed by atoms with van der Waals surface area (Å²) in [7, 11) is 3.07. The fourth-order valence-corrected chi connectivity index (χ4v) is 1.04. The molecule has 1 amide bonds. The fourth-order valence-electron chi connectivity index (χ4n) is 1.04. The van der Waals surface area contributed by atoms with Crippen molar-refractivity contribution in [1.82, 2.24) is 5.32 Å². The number of rotatable bonds is 2. The zero-order chi connectivity index (χ0) is 7.56. The second-order valence-electron chi connectivity index (χ2n) is 2.18. The average Bonchev–Trinajstić information content (AvgIpc) is 2.30. The first-order valence-corrected chi connectivity index (χ1v) is 3.13. The normalized spacial score (nSPS) is 32.4. The third kappa shape index (κ3) is 1.12. The monoisotopic (exact) mass is 145 g/mol. The number of hydrogen-bond donors (Lipinski definition) is 1. The predicted octanol–water partition coefficient (Wildman–Crippen LogP) is -0.854. The Hall–Kier alpha value is -0.610. The molecular formula is C6H11NO3. The molecule has 1 aliphatic rings. The van der Waals surface area contributed by atoms with Crippen LogP contribution < -0.4 is 5.32 Å². The van der Waals surface area contributed by atoms with Crippen LogP contribution in [0.15, 0.2) is 0 Å². The van der Waals surface area contributed by atoms with Gasteiger partial charge >= 0.3 is 0 Å². The van der Waals surface area contributed by atoms with Crippen molar-refractivity contribution in [3.8, 4) is 0 Å². The van der Waals surface area contributed by atoms with Crippen LogP contribution in [0.4, 0.5) is 0 Å². The van der Waals surface area contributed by atoms with Crippen LogP contribution in [0.2, 0.25) is 0 Å². The summed E-state index contributed by atoms with van der Waals surface area (Å²) in [6.07, 6.45) is -0.553. The van der Waals surface area contributed by atoms with E-state index in [1.54, 1.807) is 7.11 Å². The first kappa shape index (κ1) is 7.50. The van der Waals surface area contributed by atoms with Gasteiger partial charge in [-0.2, -0.15) is 0 Å². The van der Waals surface area contributed by atoms with Gasteiger partial charge in [0.25, 0.3) is 5.91 Å². The van der Waals surface area contributed by atoms with Crippen molar-refractivity contribution in [2.45, 2.75) is 12.2 Å². The Bertz CT molecular complexity index is 137. The summed E-state index contributed by atoms with van der Waals surface area (Å²) in [5.41, 5.74) is 0. The molecule has 10 heavy (non-hydrogen) atoms. The zero-order valence-corrected chi connectivity index (χ0v) is 6.09. The van der Waals surface area contributed by atoms with Crippen LogP contribution in [-0.2, 0) is 14.3 Å². The maximum absolute atomic E-state index is 10.9. The molecule has 1 N–H and O–H groups in total. The van der Waals surface area contributed by atoms with Gasteiger partial charge < -0.3 is 14.8 Å². The molecule has 0 aromatic rings. The van der Waals surface area contributed by atoms with E-state index in [0.717, 1.165) is 0 Å². The van der Waals surface area contributed by atoms with E-state index in [9.17, 15) is 4.79 Å². The Kier molecular flexibility index (Phi) is 2.24. The Morgan fingerprint density at radius 1 is 1.50 bits per heavy atom. The molecule has 0 unspecified atom stereocenters. The van der Waals surface area contributed by atoms with Crippen molar-refractivity contribution in [2.24, 2.45) is 0 Å². The molecule has 4 nitrogen and oxygen atoms in total. The highest BCUT2D eigenvalue weighted by Crippen LogP contribution is 2.07. The molecular weight excluding hydrogens is 134 g/mol. The topological polar surface area (TPSA) is 47.6 Å². The second-order valence-corrected chi connectivity index (χ2v) is 2.18. The lowest BCUT2D eigenvalue weighted by atomic mass is 10.2. The molecule has 4 heteroatoms. The molecule has 0 radical (unpaired) electrons. The summed E-state index contributed by atoms with van der Waals surface area (Å²) in [5.74, 6) is -0.0886. The fraction of sp³-hybridized carbons (Fsp3) is 0.833. The van der Waals surface area contributed by atoms with Gasteiger partial charge in [0.05, 0.1) is 0 Å². The van der Waals surface area contributed by atoms with Crippen LogP contribution in [0.5, 0.6) is 0 Å². The van der Waals surface area contributed by atoms with Crippen molar-refractivity contribution in [3.05, 3.63) is 0 Å². The molecule has 1 saturated heterocycles. The minimum absolute atomic E-state index is 0.0886. The standard InChI is InChI=1S/C6H11NO3/c1-9-4-3-7-6(8)5(4)10-2/h4-5H,3H2,1-2H3,(H,7,8)/t4-,5+/m0/s1. The van der Waals surface area contributed by atoms with Gasteiger partial charge in [-0.05, 0) is 0 Å². The molecule has 0 saturated carbocycles. The number of ether oxygens (including phenoxy) is 2. The van der Waals surface area contributed by atoms with E-state index >= 15 is 0 Å². The third-order valence-corrected chi connectivity index (χ3v) is 1.63. The second kappa shape index (κ2) is 2.98. The highest BCUT2D eigenvalue weighted by atomic mass is 16.5. The molecule has 1 rings (SSSR count). The van der Waals surface area contributed by atoms with Gasteiger partial charge in [-0.1, -0.05) is 0 Å². The quantitative estimate of drug-likeness (QED) is 0.550. The van der Waals surface area contributed by atoms with Crippen LogP contribution in [0, 0.1) is 0 Å². The SMILES string of the molecule is CO[C@H]1CNC(=O)[C@@H]1OC. The molecule has 58 valence electrons. The third-order valence-electron chi connectivity index (χ3n) is 1.63. The summed E-state index contributed by atoms with van der Waals surface area (Å²) in [6.45, 7) is 0.549. The molecule has 0 aromatic heterocycles. The van der Waals surface area contributed by atoms with E-state index in [4.69, 9.17) is 9.47 Å². The Morgan fingerprint density at radius 2 is 2.20 bits per heavy atom. The maximum atomic E-state index is 10.9. The van der Waals surface area contributed by atoms with E-state index in [1.807, 2.05) is 0 Å². The summed E-state index contributed by atoms with van der Waals surface area (Å²) < 4.78 is 9.87. The number of methoxy groups -OCH3 is 2. The smallest absolute Gasteiger partial charge is 0.252 e. The first-order chi connectivity index (χ1) is 4.79. The molecule has 1 heterocycles. The lowest BCUT2D eigenvalue weighted by Crippen LogP contribution is -2.31. The number of nitrogens with one attached hydrogen (secondary N) is 1. The molecule has 1 fully saturated rings. The predicted molar refractivity (Wildman–Crippen MR) is 34.6 cm³/mol. The largest absolute Gasteiger partial charge is 0.376 e. The van der Waals surface area contributed by atoms with E-state index in [2.05, 4.69) is 5.32 Å². The highest BCUT2D eigenvalue weighted by molar-refractivity contribution is 5.83. The average molecular weight is 145 g/mol. The van der Waals surface area contributed by atoms with Gasteiger partial charge in [-0.3, -0.25) is 4.79 Å². The molecule has 0 aliphatic carbocycles. The number of carbonyl (C=O) groups excluding carboxylic acids is 1. The Labute approximate surface area is 59.5 Å². The molecule has 0 spiro atoms. The minimum Gasteiger partial charge on any atom is -0.376 e. The van der Waals surface area contributed by atoms with Crippen molar-refractivity contribution in [2.75, 3.05) is 20.8 Å². The summed E-state index contributed by atoms with van der Waals surface area (Å²) in [6, 6.07) is 0. The van der Waals surface area contributed by atoms with E-state index < -0.39 is 6.10 Å². The van der Waals surface area contributed by atoms with Gasteiger partial charge in [0.15, 0.2) is 6.10 Å². The highest BCUT2D eigenvalue weighted by Gasteiger charge is 2.34. The van der Waals surface area contributed by atoms with Gasteiger partial charge in [-0.15, -0.1) is 0 Å². The Morgan fingerprint density at radius 3 is 2.60 bits per heavy atom. The van der Waals surface area contributed by atoms with E-state index in [0.29, 0.717) is 6.54 Å². The molecule has 0 aromatic carbocycles. The van der Waals surface area contributed by atoms with Crippen LogP contribution in [-0.4, -0.2) is 38.9 Å². The van der Waals surface area contributed by atoms with E-state index in [1.165, 1.54) is 7.11 Å². The lowest BCUT2D eigenvalue weighted by Gasteiger charge is -2.11. The van der Waals surface area contributed by atoms with Crippen LogP contribution in [0.3, 0.4) is 0 Å². The van der Waals surface area contributed by atoms with Gasteiger partial charge in [0, 0.05) is 20.8 Å². The maximum Gasteiger partial charge on any atom is 0.252 e. The molecule has 0 bridgehead atoms. The van der Waals surface area contributed by atoms with Crippen molar-refractivity contribution in [1.29, 1.82) is 0 Å². The summed E-state index contributed by atoms with van der Waals surface area (Å²) >= 11 is 0. The molecule has 1 aliphatic heterocycles. The van der Waals surface area contributed by atoms with Crippen molar-refractivity contribution >= 4 is 5.91 Å². The number of hydrogen-bond acceptors (Lipinski definition) is 3. The van der Waals surface area contributed by atoms with E-state index in [-0.39, 0.29) is 12.0 Å². The van der Waals surface area contributed by atoms with Crippen LogP contribution in [0.1, 0.15) is 0 Å². The molecule has 2 atom stereocenters. The van der Waals surface area contributed by atoms with Crippen LogP contribution in [0.25, 0.3) is 0 Å². The summed E-state index contributed by atoms with van der Waals surface area (Å²) in [4.78, 5) is 10.9. The van der Waals surface area contributed by atoms with Gasteiger partial charge in [-0.25, -0.2) is 0 Å². The van der Waals surface area contributed by atoms with Crippen molar-refractivity contribution in [3.63, 3.8) is 0 Å². The zero-order valence-electron chi connectivity index (χ0n) is 6.09. The van der Waals surface area contributed by atoms with Gasteiger partial charge in [0.1, 0.15) is 6.10 Å².